The lowest BCUT2D eigenvalue weighted by molar-refractivity contribution is -0.131. The van der Waals surface area contributed by atoms with Gasteiger partial charge in [-0.05, 0) is 18.6 Å². The highest BCUT2D eigenvalue weighted by molar-refractivity contribution is 6.31. The van der Waals surface area contributed by atoms with Crippen molar-refractivity contribution in [2.24, 2.45) is 0 Å². The molecule has 2 rings (SSSR count). The van der Waals surface area contributed by atoms with E-state index < -0.39 is 0 Å². The fourth-order valence-electron chi connectivity index (χ4n) is 2.41. The minimum Gasteiger partial charge on any atom is -0.450 e. The van der Waals surface area contributed by atoms with Gasteiger partial charge in [0.2, 0.25) is 5.91 Å². The van der Waals surface area contributed by atoms with E-state index in [0.717, 1.165) is 5.56 Å². The predicted octanol–water partition coefficient (Wildman–Crippen LogP) is 1.73. The molecule has 1 fully saturated rings. The van der Waals surface area contributed by atoms with E-state index in [0.29, 0.717) is 44.4 Å². The van der Waals surface area contributed by atoms with Gasteiger partial charge >= 0.3 is 6.09 Å². The standard InChI is InChI=1S/C16H22ClN3O3/c1-2-23-16(22)20-9-7-19(8-10-20)15(21)12-18-11-13-5-3-4-6-14(13)17/h3-6,18H,2,7-12H2,1H3. The van der Waals surface area contributed by atoms with Gasteiger partial charge in [-0.15, -0.1) is 0 Å². The van der Waals surface area contributed by atoms with E-state index >= 15 is 0 Å². The number of piperazine rings is 1. The van der Waals surface area contributed by atoms with Gasteiger partial charge in [-0.1, -0.05) is 29.8 Å². The zero-order valence-electron chi connectivity index (χ0n) is 13.3. The molecule has 0 bridgehead atoms. The largest absolute Gasteiger partial charge is 0.450 e. The van der Waals surface area contributed by atoms with Crippen molar-refractivity contribution in [2.75, 3.05) is 39.3 Å². The molecule has 1 N–H and O–H groups in total. The Hall–Kier alpha value is -1.79. The number of rotatable bonds is 5. The van der Waals surface area contributed by atoms with Crippen LogP contribution in [0, 0.1) is 0 Å². The van der Waals surface area contributed by atoms with Crippen LogP contribution in [0.25, 0.3) is 0 Å². The second-order valence-corrected chi connectivity index (χ2v) is 5.67. The molecule has 0 aliphatic carbocycles. The van der Waals surface area contributed by atoms with Crippen LogP contribution in [-0.4, -0.2) is 61.1 Å². The second-order valence-electron chi connectivity index (χ2n) is 5.26. The van der Waals surface area contributed by atoms with Crippen molar-refractivity contribution in [1.29, 1.82) is 0 Å². The SMILES string of the molecule is CCOC(=O)N1CCN(C(=O)CNCc2ccccc2Cl)CC1. The summed E-state index contributed by atoms with van der Waals surface area (Å²) < 4.78 is 4.96. The Morgan fingerprint density at radius 1 is 1.17 bits per heavy atom. The first-order valence-electron chi connectivity index (χ1n) is 7.75. The molecule has 0 aromatic heterocycles. The Labute approximate surface area is 141 Å². The monoisotopic (exact) mass is 339 g/mol. The molecule has 1 heterocycles. The van der Waals surface area contributed by atoms with Gasteiger partial charge in [0, 0.05) is 37.7 Å². The van der Waals surface area contributed by atoms with E-state index in [1.54, 1.807) is 16.7 Å². The van der Waals surface area contributed by atoms with Crippen LogP contribution in [0.1, 0.15) is 12.5 Å². The lowest BCUT2D eigenvalue weighted by atomic mass is 10.2. The summed E-state index contributed by atoms with van der Waals surface area (Å²) in [5.74, 6) is 0.0283. The van der Waals surface area contributed by atoms with Crippen LogP contribution in [0.5, 0.6) is 0 Å². The van der Waals surface area contributed by atoms with Crippen molar-refractivity contribution in [1.82, 2.24) is 15.1 Å². The highest BCUT2D eigenvalue weighted by Gasteiger charge is 2.24. The molecule has 2 amide bonds. The van der Waals surface area contributed by atoms with Crippen LogP contribution in [-0.2, 0) is 16.1 Å². The summed E-state index contributed by atoms with van der Waals surface area (Å²) in [6, 6.07) is 7.55. The molecule has 7 heteroatoms. The highest BCUT2D eigenvalue weighted by atomic mass is 35.5. The number of nitrogens with zero attached hydrogens (tertiary/aromatic N) is 2. The summed E-state index contributed by atoms with van der Waals surface area (Å²) in [5, 5.41) is 3.80. The molecule has 23 heavy (non-hydrogen) atoms. The number of halogens is 1. The highest BCUT2D eigenvalue weighted by Crippen LogP contribution is 2.14. The third-order valence-electron chi connectivity index (χ3n) is 3.71. The molecule has 0 unspecified atom stereocenters. The van der Waals surface area contributed by atoms with Gasteiger partial charge in [0.15, 0.2) is 0 Å². The molecule has 1 aliphatic heterocycles. The summed E-state index contributed by atoms with van der Waals surface area (Å²) in [6.45, 7) is 5.03. The maximum Gasteiger partial charge on any atom is 0.409 e. The average Bonchev–Trinajstić information content (AvgIpc) is 2.57. The van der Waals surface area contributed by atoms with Gasteiger partial charge < -0.3 is 19.9 Å². The van der Waals surface area contributed by atoms with Crippen molar-refractivity contribution < 1.29 is 14.3 Å². The van der Waals surface area contributed by atoms with Crippen molar-refractivity contribution in [2.45, 2.75) is 13.5 Å². The van der Waals surface area contributed by atoms with Gasteiger partial charge in [-0.3, -0.25) is 4.79 Å². The lowest BCUT2D eigenvalue weighted by Crippen LogP contribution is -2.52. The number of nitrogens with one attached hydrogen (secondary N) is 1. The zero-order valence-corrected chi connectivity index (χ0v) is 14.0. The Morgan fingerprint density at radius 3 is 2.48 bits per heavy atom. The number of amides is 2. The lowest BCUT2D eigenvalue weighted by Gasteiger charge is -2.34. The molecular formula is C16H22ClN3O3. The van der Waals surface area contributed by atoms with Gasteiger partial charge in [0.25, 0.3) is 0 Å². The number of carbonyl (C=O) groups is 2. The first kappa shape index (κ1) is 17.6. The maximum absolute atomic E-state index is 12.2. The Kier molecular flexibility index (Phi) is 6.67. The molecule has 1 saturated heterocycles. The van der Waals surface area contributed by atoms with E-state index in [2.05, 4.69) is 5.32 Å². The summed E-state index contributed by atoms with van der Waals surface area (Å²) in [7, 11) is 0. The molecule has 0 atom stereocenters. The molecule has 0 spiro atoms. The Bertz CT molecular complexity index is 545. The first-order valence-corrected chi connectivity index (χ1v) is 8.13. The Morgan fingerprint density at radius 2 is 1.83 bits per heavy atom. The van der Waals surface area contributed by atoms with Crippen LogP contribution in [0.3, 0.4) is 0 Å². The fraction of sp³-hybridized carbons (Fsp3) is 0.500. The first-order chi connectivity index (χ1) is 11.1. The molecule has 6 nitrogen and oxygen atoms in total. The van der Waals surface area contributed by atoms with Crippen LogP contribution in [0.4, 0.5) is 4.79 Å². The zero-order chi connectivity index (χ0) is 16.7. The van der Waals surface area contributed by atoms with Crippen LogP contribution in [0.15, 0.2) is 24.3 Å². The normalized spacial score (nSPS) is 14.7. The third kappa shape index (κ3) is 5.11. The number of hydrogen-bond donors (Lipinski definition) is 1. The Balaban J connectivity index is 1.71. The third-order valence-corrected chi connectivity index (χ3v) is 4.08. The van der Waals surface area contributed by atoms with E-state index in [4.69, 9.17) is 16.3 Å². The summed E-state index contributed by atoms with van der Waals surface area (Å²) in [6.07, 6.45) is -0.309. The van der Waals surface area contributed by atoms with Crippen molar-refractivity contribution in [3.63, 3.8) is 0 Å². The van der Waals surface area contributed by atoms with Gasteiger partial charge in [-0.25, -0.2) is 4.79 Å². The van der Waals surface area contributed by atoms with Crippen molar-refractivity contribution >= 4 is 23.6 Å². The molecular weight excluding hydrogens is 318 g/mol. The molecule has 0 saturated carbocycles. The number of hydrogen-bond acceptors (Lipinski definition) is 4. The quantitative estimate of drug-likeness (QED) is 0.887. The molecule has 1 aromatic rings. The molecule has 1 aliphatic rings. The average molecular weight is 340 g/mol. The smallest absolute Gasteiger partial charge is 0.409 e. The minimum atomic E-state index is -0.309. The van der Waals surface area contributed by atoms with Crippen LogP contribution < -0.4 is 5.32 Å². The minimum absolute atomic E-state index is 0.0283. The van der Waals surface area contributed by atoms with Crippen LogP contribution in [0.2, 0.25) is 5.02 Å². The van der Waals surface area contributed by atoms with Gasteiger partial charge in [0.1, 0.15) is 0 Å². The second kappa shape index (κ2) is 8.74. The molecule has 1 aromatic carbocycles. The summed E-state index contributed by atoms with van der Waals surface area (Å²) >= 11 is 6.07. The topological polar surface area (TPSA) is 61.9 Å². The van der Waals surface area contributed by atoms with Gasteiger partial charge in [0.05, 0.1) is 13.2 Å². The van der Waals surface area contributed by atoms with E-state index in [1.165, 1.54) is 0 Å². The number of carbonyl (C=O) groups excluding carboxylic acids is 2. The van der Waals surface area contributed by atoms with E-state index in [9.17, 15) is 9.59 Å². The van der Waals surface area contributed by atoms with E-state index in [1.807, 2.05) is 24.3 Å². The van der Waals surface area contributed by atoms with Gasteiger partial charge in [-0.2, -0.15) is 0 Å². The summed E-state index contributed by atoms with van der Waals surface area (Å²) in [4.78, 5) is 27.2. The maximum atomic E-state index is 12.2. The van der Waals surface area contributed by atoms with Crippen LogP contribution >= 0.6 is 11.6 Å². The van der Waals surface area contributed by atoms with Crippen molar-refractivity contribution in [3.05, 3.63) is 34.9 Å². The molecule has 126 valence electrons. The van der Waals surface area contributed by atoms with Crippen molar-refractivity contribution in [3.8, 4) is 0 Å². The number of benzene rings is 1. The summed E-state index contributed by atoms with van der Waals surface area (Å²) in [5.41, 5.74) is 0.967. The fourth-order valence-corrected chi connectivity index (χ4v) is 2.61. The number of ether oxygens (including phenoxy) is 1. The predicted molar refractivity (Wildman–Crippen MR) is 88.3 cm³/mol. The molecule has 0 radical (unpaired) electrons. The van der Waals surface area contributed by atoms with E-state index in [-0.39, 0.29) is 18.5 Å².